The average molecular weight is 463 g/mol. The third-order valence-electron chi connectivity index (χ3n) is 4.88. The Morgan fingerprint density at radius 3 is 2.52 bits per heavy atom. The number of nitrogens with zero attached hydrogens (tertiary/aromatic N) is 1. The van der Waals surface area contributed by atoms with Crippen LogP contribution in [-0.4, -0.2) is 56.1 Å². The number of amides is 1. The van der Waals surface area contributed by atoms with Crippen LogP contribution < -0.4 is 9.47 Å². The lowest BCUT2D eigenvalue weighted by atomic mass is 10.1. The minimum absolute atomic E-state index is 0.0623. The Kier molecular flexibility index (Phi) is 8.11. The Morgan fingerprint density at radius 2 is 1.82 bits per heavy atom. The molecule has 0 aromatic heterocycles. The van der Waals surface area contributed by atoms with Crippen molar-refractivity contribution in [3.8, 4) is 11.5 Å². The molecular formula is C24H24F3NO5. The second-order valence-electron chi connectivity index (χ2n) is 7.20. The number of morpholine rings is 1. The van der Waals surface area contributed by atoms with Crippen molar-refractivity contribution in [1.29, 1.82) is 0 Å². The molecule has 0 N–H and O–H groups in total. The van der Waals surface area contributed by atoms with Gasteiger partial charge in [-0.15, -0.1) is 0 Å². The Hall–Kier alpha value is -3.33. The number of benzene rings is 2. The van der Waals surface area contributed by atoms with Gasteiger partial charge in [0.2, 0.25) is 0 Å². The van der Waals surface area contributed by atoms with Crippen LogP contribution >= 0.6 is 0 Å². The second-order valence-corrected chi connectivity index (χ2v) is 7.20. The Bertz CT molecular complexity index is 1010. The van der Waals surface area contributed by atoms with Gasteiger partial charge in [-0.3, -0.25) is 9.59 Å². The Balaban J connectivity index is 1.68. The van der Waals surface area contributed by atoms with Gasteiger partial charge in [0.15, 0.2) is 23.9 Å². The van der Waals surface area contributed by atoms with Gasteiger partial charge in [0.1, 0.15) is 0 Å². The summed E-state index contributed by atoms with van der Waals surface area (Å²) in [5.74, 6) is 0.0488. The lowest BCUT2D eigenvalue weighted by Crippen LogP contribution is -2.43. The first-order valence-electron chi connectivity index (χ1n) is 10.4. The lowest BCUT2D eigenvalue weighted by Gasteiger charge is -2.26. The summed E-state index contributed by atoms with van der Waals surface area (Å²) < 4.78 is 55.1. The van der Waals surface area contributed by atoms with Crippen LogP contribution in [0.15, 0.2) is 48.5 Å². The number of ketones is 1. The third kappa shape index (κ3) is 6.82. The molecule has 176 valence electrons. The van der Waals surface area contributed by atoms with E-state index in [1.807, 2.05) is 0 Å². The van der Waals surface area contributed by atoms with Crippen molar-refractivity contribution in [3.05, 3.63) is 65.2 Å². The minimum atomic E-state index is -4.52. The van der Waals surface area contributed by atoms with Crippen LogP contribution in [0.4, 0.5) is 13.2 Å². The monoisotopic (exact) mass is 463 g/mol. The number of hydrogen-bond acceptors (Lipinski definition) is 5. The van der Waals surface area contributed by atoms with E-state index in [-0.39, 0.29) is 18.1 Å². The van der Waals surface area contributed by atoms with Crippen LogP contribution in [0.5, 0.6) is 11.5 Å². The first-order chi connectivity index (χ1) is 15.8. The number of alkyl halides is 3. The van der Waals surface area contributed by atoms with Crippen molar-refractivity contribution in [1.82, 2.24) is 4.90 Å². The summed E-state index contributed by atoms with van der Waals surface area (Å²) in [7, 11) is 0. The van der Waals surface area contributed by atoms with E-state index in [1.165, 1.54) is 24.3 Å². The van der Waals surface area contributed by atoms with Crippen LogP contribution in [0.2, 0.25) is 0 Å². The van der Waals surface area contributed by atoms with Gasteiger partial charge in [-0.1, -0.05) is 24.3 Å². The highest BCUT2D eigenvalue weighted by Crippen LogP contribution is 2.31. The van der Waals surface area contributed by atoms with Crippen molar-refractivity contribution < 1.29 is 37.0 Å². The number of carbonyl (C=O) groups excluding carboxylic acids is 2. The molecule has 0 spiro atoms. The average Bonchev–Trinajstić information content (AvgIpc) is 2.82. The second kappa shape index (κ2) is 11.0. The fourth-order valence-electron chi connectivity index (χ4n) is 3.18. The summed E-state index contributed by atoms with van der Waals surface area (Å²) in [4.78, 5) is 26.3. The summed E-state index contributed by atoms with van der Waals surface area (Å²) in [6, 6.07) is 9.17. The van der Waals surface area contributed by atoms with Gasteiger partial charge in [-0.25, -0.2) is 0 Å². The summed E-state index contributed by atoms with van der Waals surface area (Å²) >= 11 is 0. The molecule has 9 heteroatoms. The molecule has 1 aliphatic heterocycles. The molecule has 0 unspecified atom stereocenters. The van der Waals surface area contributed by atoms with E-state index in [0.717, 1.165) is 12.1 Å². The normalized spacial score (nSPS) is 14.4. The first kappa shape index (κ1) is 24.3. The number of ether oxygens (including phenoxy) is 3. The molecule has 1 aliphatic rings. The number of allylic oxidation sites excluding steroid dienone is 1. The molecule has 2 aromatic carbocycles. The van der Waals surface area contributed by atoms with E-state index < -0.39 is 17.5 Å². The van der Waals surface area contributed by atoms with E-state index >= 15 is 0 Å². The molecule has 0 atom stereocenters. The quantitative estimate of drug-likeness (QED) is 0.433. The molecule has 2 aromatic rings. The van der Waals surface area contributed by atoms with Crippen LogP contribution in [0.25, 0.3) is 6.08 Å². The molecule has 1 fully saturated rings. The van der Waals surface area contributed by atoms with Gasteiger partial charge in [-0.05, 0) is 42.8 Å². The number of rotatable bonds is 8. The molecule has 3 rings (SSSR count). The van der Waals surface area contributed by atoms with Gasteiger partial charge in [0, 0.05) is 18.7 Å². The zero-order valence-corrected chi connectivity index (χ0v) is 18.1. The van der Waals surface area contributed by atoms with Crippen LogP contribution in [0, 0.1) is 0 Å². The summed E-state index contributed by atoms with van der Waals surface area (Å²) in [6.07, 6.45) is -1.85. The van der Waals surface area contributed by atoms with E-state index in [2.05, 4.69) is 0 Å². The fourth-order valence-corrected chi connectivity index (χ4v) is 3.18. The molecule has 0 saturated carbocycles. The predicted molar refractivity (Wildman–Crippen MR) is 115 cm³/mol. The SMILES string of the molecule is CCOc1cc(/C=C/C(=O)c2cccc(C(F)(F)F)c2)ccc1OCC(=O)N1CCOCC1. The van der Waals surface area contributed by atoms with Gasteiger partial charge < -0.3 is 19.1 Å². The van der Waals surface area contributed by atoms with Gasteiger partial charge >= 0.3 is 6.18 Å². The zero-order valence-electron chi connectivity index (χ0n) is 18.1. The highest BCUT2D eigenvalue weighted by atomic mass is 19.4. The molecule has 1 saturated heterocycles. The van der Waals surface area contributed by atoms with E-state index in [9.17, 15) is 22.8 Å². The van der Waals surface area contributed by atoms with Crippen molar-refractivity contribution >= 4 is 17.8 Å². The maximum Gasteiger partial charge on any atom is 0.416 e. The zero-order chi connectivity index (χ0) is 23.8. The third-order valence-corrected chi connectivity index (χ3v) is 4.88. The Labute approximate surface area is 189 Å². The Morgan fingerprint density at radius 1 is 1.06 bits per heavy atom. The van der Waals surface area contributed by atoms with Crippen LogP contribution in [-0.2, 0) is 15.7 Å². The molecular weight excluding hydrogens is 439 g/mol. The number of hydrogen-bond donors (Lipinski definition) is 0. The molecule has 0 aliphatic carbocycles. The summed E-state index contributed by atoms with van der Waals surface area (Å²) in [5, 5.41) is 0. The highest BCUT2D eigenvalue weighted by Gasteiger charge is 2.30. The van der Waals surface area contributed by atoms with Gasteiger partial charge in [0.05, 0.1) is 25.4 Å². The molecule has 6 nitrogen and oxygen atoms in total. The summed E-state index contributed by atoms with van der Waals surface area (Å²) in [6.45, 7) is 4.02. The van der Waals surface area contributed by atoms with Gasteiger partial charge in [-0.2, -0.15) is 13.2 Å². The van der Waals surface area contributed by atoms with Crippen molar-refractivity contribution in [2.24, 2.45) is 0 Å². The smallest absolute Gasteiger partial charge is 0.416 e. The van der Waals surface area contributed by atoms with Crippen molar-refractivity contribution in [2.45, 2.75) is 13.1 Å². The molecule has 0 bridgehead atoms. The maximum absolute atomic E-state index is 12.9. The fraction of sp³-hybridized carbons (Fsp3) is 0.333. The van der Waals surface area contributed by atoms with Crippen LogP contribution in [0.1, 0.15) is 28.4 Å². The summed E-state index contributed by atoms with van der Waals surface area (Å²) in [5.41, 5.74) is -0.355. The van der Waals surface area contributed by atoms with Crippen molar-refractivity contribution in [3.63, 3.8) is 0 Å². The highest BCUT2D eigenvalue weighted by molar-refractivity contribution is 6.06. The van der Waals surface area contributed by atoms with E-state index in [4.69, 9.17) is 14.2 Å². The largest absolute Gasteiger partial charge is 0.490 e. The molecule has 33 heavy (non-hydrogen) atoms. The van der Waals surface area contributed by atoms with Gasteiger partial charge in [0.25, 0.3) is 5.91 Å². The van der Waals surface area contributed by atoms with E-state index in [0.29, 0.717) is 50.0 Å². The van der Waals surface area contributed by atoms with E-state index in [1.54, 1.807) is 30.0 Å². The number of carbonyl (C=O) groups is 2. The number of halogens is 3. The van der Waals surface area contributed by atoms with Crippen molar-refractivity contribution in [2.75, 3.05) is 39.5 Å². The minimum Gasteiger partial charge on any atom is -0.490 e. The molecule has 1 amide bonds. The molecule has 1 heterocycles. The maximum atomic E-state index is 12.9. The predicted octanol–water partition coefficient (Wildman–Crippen LogP) is 4.24. The lowest BCUT2D eigenvalue weighted by molar-refractivity contribution is -0.138. The standard InChI is InChI=1S/C24H24F3NO5/c1-2-32-22-14-17(6-8-20(29)18-4-3-5-19(15-18)24(25,26)27)7-9-21(22)33-16-23(30)28-10-12-31-13-11-28/h3-9,14-15H,2,10-13,16H2,1H3/b8-6+. The first-order valence-corrected chi connectivity index (χ1v) is 10.4. The van der Waals surface area contributed by atoms with Crippen LogP contribution in [0.3, 0.4) is 0 Å². The topological polar surface area (TPSA) is 65.1 Å². The molecule has 0 radical (unpaired) electrons.